The smallest absolute Gasteiger partial charge is 0.119 e. The Bertz CT molecular complexity index is 522. The lowest BCUT2D eigenvalue weighted by Crippen LogP contribution is -2.31. The minimum Gasteiger partial charge on any atom is -0.491 e. The van der Waals surface area contributed by atoms with E-state index in [1.165, 1.54) is 5.56 Å². The third-order valence-electron chi connectivity index (χ3n) is 3.07. The second-order valence-electron chi connectivity index (χ2n) is 4.85. The van der Waals surface area contributed by atoms with E-state index in [2.05, 4.69) is 10.4 Å². The zero-order valence-electron chi connectivity index (χ0n) is 11.9. The topological polar surface area (TPSA) is 59.3 Å². The summed E-state index contributed by atoms with van der Waals surface area (Å²) in [4.78, 5) is 0. The Labute approximate surface area is 119 Å². The molecule has 0 spiro atoms. The van der Waals surface area contributed by atoms with Gasteiger partial charge >= 0.3 is 0 Å². The Morgan fingerprint density at radius 1 is 1.30 bits per heavy atom. The first-order valence-electron chi connectivity index (χ1n) is 6.70. The van der Waals surface area contributed by atoms with Gasteiger partial charge < -0.3 is 15.2 Å². The van der Waals surface area contributed by atoms with Crippen molar-refractivity contribution >= 4 is 0 Å². The van der Waals surface area contributed by atoms with Gasteiger partial charge in [0, 0.05) is 26.3 Å². The van der Waals surface area contributed by atoms with Gasteiger partial charge in [0.1, 0.15) is 18.5 Å². The maximum atomic E-state index is 9.85. The van der Waals surface area contributed by atoms with Gasteiger partial charge in [0.2, 0.25) is 0 Å². The molecule has 5 nitrogen and oxygen atoms in total. The molecule has 0 saturated carbocycles. The summed E-state index contributed by atoms with van der Waals surface area (Å²) < 4.78 is 7.33. The van der Waals surface area contributed by atoms with Crippen molar-refractivity contribution in [1.82, 2.24) is 15.1 Å². The molecule has 1 unspecified atom stereocenters. The number of hydrogen-bond donors (Lipinski definition) is 2. The maximum absolute atomic E-state index is 9.85. The zero-order valence-corrected chi connectivity index (χ0v) is 11.9. The van der Waals surface area contributed by atoms with Crippen LogP contribution < -0.4 is 10.1 Å². The van der Waals surface area contributed by atoms with Crippen LogP contribution in [0.2, 0.25) is 0 Å². The highest BCUT2D eigenvalue weighted by Crippen LogP contribution is 2.11. The van der Waals surface area contributed by atoms with Gasteiger partial charge in [-0.05, 0) is 25.1 Å². The molecule has 108 valence electrons. The summed E-state index contributed by atoms with van der Waals surface area (Å²) >= 11 is 0. The van der Waals surface area contributed by atoms with Crippen molar-refractivity contribution in [3.05, 3.63) is 47.8 Å². The molecule has 1 atom stereocenters. The maximum Gasteiger partial charge on any atom is 0.119 e. The summed E-state index contributed by atoms with van der Waals surface area (Å²) in [5.74, 6) is 0.779. The van der Waals surface area contributed by atoms with Gasteiger partial charge in [0.15, 0.2) is 0 Å². The third-order valence-corrected chi connectivity index (χ3v) is 3.07. The van der Waals surface area contributed by atoms with E-state index in [-0.39, 0.29) is 6.61 Å². The first kappa shape index (κ1) is 14.6. The molecular weight excluding hydrogens is 254 g/mol. The van der Waals surface area contributed by atoms with Gasteiger partial charge in [-0.3, -0.25) is 4.68 Å². The van der Waals surface area contributed by atoms with Gasteiger partial charge in [0.25, 0.3) is 0 Å². The van der Waals surface area contributed by atoms with Crippen LogP contribution in [0.1, 0.15) is 11.3 Å². The lowest BCUT2D eigenvalue weighted by Gasteiger charge is -2.13. The summed E-state index contributed by atoms with van der Waals surface area (Å²) in [5.41, 5.74) is 2.27. The number of ether oxygens (including phenoxy) is 1. The van der Waals surface area contributed by atoms with Gasteiger partial charge in [-0.2, -0.15) is 5.10 Å². The Morgan fingerprint density at radius 2 is 2.05 bits per heavy atom. The number of aryl methyl sites for hydroxylation is 2. The SMILES string of the molecule is Cc1ccc(OCC(O)CNCc2ccnn2C)cc1. The fourth-order valence-corrected chi connectivity index (χ4v) is 1.83. The predicted molar refractivity (Wildman–Crippen MR) is 77.6 cm³/mol. The standard InChI is InChI=1S/C15H21N3O2/c1-12-3-5-15(6-4-12)20-11-14(19)10-16-9-13-7-8-17-18(13)2/h3-8,14,16,19H,9-11H2,1-2H3. The van der Waals surface area contributed by atoms with Crippen LogP contribution in [0.15, 0.2) is 36.5 Å². The van der Waals surface area contributed by atoms with Crippen LogP contribution >= 0.6 is 0 Å². The largest absolute Gasteiger partial charge is 0.491 e. The first-order valence-corrected chi connectivity index (χ1v) is 6.70. The van der Waals surface area contributed by atoms with E-state index in [1.54, 1.807) is 6.20 Å². The average molecular weight is 275 g/mol. The highest BCUT2D eigenvalue weighted by atomic mass is 16.5. The van der Waals surface area contributed by atoms with Crippen LogP contribution in [-0.2, 0) is 13.6 Å². The van der Waals surface area contributed by atoms with Crippen molar-refractivity contribution < 1.29 is 9.84 Å². The van der Waals surface area contributed by atoms with E-state index in [4.69, 9.17) is 4.74 Å². The van der Waals surface area contributed by atoms with Crippen LogP contribution in [0.5, 0.6) is 5.75 Å². The lowest BCUT2D eigenvalue weighted by molar-refractivity contribution is 0.106. The van der Waals surface area contributed by atoms with Crippen LogP contribution in [-0.4, -0.2) is 34.1 Å². The van der Waals surface area contributed by atoms with E-state index >= 15 is 0 Å². The minimum absolute atomic E-state index is 0.279. The highest BCUT2D eigenvalue weighted by molar-refractivity contribution is 5.26. The van der Waals surface area contributed by atoms with Crippen molar-refractivity contribution in [2.45, 2.75) is 19.6 Å². The first-order chi connectivity index (χ1) is 9.65. The molecule has 0 amide bonds. The Balaban J connectivity index is 1.66. The molecular formula is C15H21N3O2. The van der Waals surface area contributed by atoms with Gasteiger partial charge in [-0.1, -0.05) is 17.7 Å². The molecule has 1 heterocycles. The fourth-order valence-electron chi connectivity index (χ4n) is 1.83. The highest BCUT2D eigenvalue weighted by Gasteiger charge is 2.06. The van der Waals surface area contributed by atoms with E-state index in [0.29, 0.717) is 13.1 Å². The van der Waals surface area contributed by atoms with E-state index < -0.39 is 6.10 Å². The van der Waals surface area contributed by atoms with E-state index in [1.807, 2.05) is 49.0 Å². The average Bonchev–Trinajstić information content (AvgIpc) is 2.84. The zero-order chi connectivity index (χ0) is 14.4. The van der Waals surface area contributed by atoms with Gasteiger partial charge in [0.05, 0.1) is 5.69 Å². The van der Waals surface area contributed by atoms with Crippen LogP contribution in [0, 0.1) is 6.92 Å². The Hall–Kier alpha value is -1.85. The molecule has 0 fully saturated rings. The molecule has 1 aromatic carbocycles. The molecule has 0 saturated heterocycles. The molecule has 0 bridgehead atoms. The van der Waals surface area contributed by atoms with Crippen LogP contribution in [0.25, 0.3) is 0 Å². The Morgan fingerprint density at radius 3 is 2.70 bits per heavy atom. The normalized spacial score (nSPS) is 12.3. The monoisotopic (exact) mass is 275 g/mol. The number of benzene rings is 1. The summed E-state index contributed by atoms with van der Waals surface area (Å²) in [5, 5.41) is 17.1. The van der Waals surface area contributed by atoms with E-state index in [0.717, 1.165) is 11.4 Å². The molecule has 0 aliphatic carbocycles. The molecule has 2 rings (SSSR count). The summed E-state index contributed by atoms with van der Waals surface area (Å²) in [7, 11) is 1.90. The molecule has 0 aliphatic heterocycles. The minimum atomic E-state index is -0.537. The van der Waals surface area contributed by atoms with E-state index in [9.17, 15) is 5.11 Å². The van der Waals surface area contributed by atoms with Crippen molar-refractivity contribution in [3.8, 4) is 5.75 Å². The number of aromatic nitrogens is 2. The molecule has 1 aromatic heterocycles. The second kappa shape index (κ2) is 7.07. The molecule has 20 heavy (non-hydrogen) atoms. The van der Waals surface area contributed by atoms with Gasteiger partial charge in [-0.25, -0.2) is 0 Å². The third kappa shape index (κ3) is 4.36. The summed E-state index contributed by atoms with van der Waals surface area (Å²) in [6.07, 6.45) is 1.22. The summed E-state index contributed by atoms with van der Waals surface area (Å²) in [6.45, 7) is 3.47. The summed E-state index contributed by atoms with van der Waals surface area (Å²) in [6, 6.07) is 9.74. The number of nitrogens with one attached hydrogen (secondary N) is 1. The number of rotatable bonds is 7. The Kier molecular flexibility index (Phi) is 5.15. The molecule has 0 radical (unpaired) electrons. The number of aliphatic hydroxyl groups excluding tert-OH is 1. The predicted octanol–water partition coefficient (Wildman–Crippen LogP) is 1.26. The fraction of sp³-hybridized carbons (Fsp3) is 0.400. The molecule has 5 heteroatoms. The van der Waals surface area contributed by atoms with Crippen LogP contribution in [0.4, 0.5) is 0 Å². The number of hydrogen-bond acceptors (Lipinski definition) is 4. The quantitative estimate of drug-likeness (QED) is 0.798. The van der Waals surface area contributed by atoms with Crippen molar-refractivity contribution in [3.63, 3.8) is 0 Å². The number of nitrogens with zero attached hydrogens (tertiary/aromatic N) is 2. The van der Waals surface area contributed by atoms with Gasteiger partial charge in [-0.15, -0.1) is 0 Å². The molecule has 2 aromatic rings. The molecule has 2 N–H and O–H groups in total. The van der Waals surface area contributed by atoms with Crippen molar-refractivity contribution in [2.75, 3.05) is 13.2 Å². The number of aliphatic hydroxyl groups is 1. The van der Waals surface area contributed by atoms with Crippen molar-refractivity contribution in [2.24, 2.45) is 7.05 Å². The van der Waals surface area contributed by atoms with Crippen molar-refractivity contribution in [1.29, 1.82) is 0 Å². The lowest BCUT2D eigenvalue weighted by atomic mass is 10.2. The second-order valence-corrected chi connectivity index (χ2v) is 4.85. The molecule has 0 aliphatic rings. The van der Waals surface area contributed by atoms with Crippen LogP contribution in [0.3, 0.4) is 0 Å².